The number of hydrogen-bond acceptors (Lipinski definition) is 7. The van der Waals surface area contributed by atoms with Crippen LogP contribution >= 0.6 is 0 Å². The van der Waals surface area contributed by atoms with Crippen molar-refractivity contribution in [1.29, 1.82) is 0 Å². The molecular weight excluding hydrogens is 490 g/mol. The molecular formula is C32H35N3O4. The lowest BCUT2D eigenvalue weighted by Gasteiger charge is -2.11. The van der Waals surface area contributed by atoms with Crippen LogP contribution in [0.3, 0.4) is 0 Å². The average molecular weight is 526 g/mol. The number of carbonyl (C=O) groups is 1. The van der Waals surface area contributed by atoms with E-state index in [2.05, 4.69) is 41.0 Å². The Morgan fingerprint density at radius 3 is 1.77 bits per heavy atom. The molecule has 1 heterocycles. The summed E-state index contributed by atoms with van der Waals surface area (Å²) in [6.45, 7) is 6.33. The summed E-state index contributed by atoms with van der Waals surface area (Å²) in [4.78, 5) is 13.4. The van der Waals surface area contributed by atoms with Crippen LogP contribution in [0.5, 0.6) is 5.75 Å². The molecule has 0 fully saturated rings. The predicted molar refractivity (Wildman–Crippen MR) is 155 cm³/mol. The van der Waals surface area contributed by atoms with Gasteiger partial charge in [0.15, 0.2) is 0 Å². The van der Waals surface area contributed by atoms with E-state index in [1.165, 1.54) is 0 Å². The van der Waals surface area contributed by atoms with Gasteiger partial charge in [0, 0.05) is 36.5 Å². The monoisotopic (exact) mass is 525 g/mol. The normalized spacial score (nSPS) is 10.7. The first-order valence-electron chi connectivity index (χ1n) is 13.2. The molecule has 4 aromatic rings. The third-order valence-electron chi connectivity index (χ3n) is 6.26. The summed E-state index contributed by atoms with van der Waals surface area (Å²) in [6, 6.07) is 24.2. The molecule has 0 aliphatic heterocycles. The highest BCUT2D eigenvalue weighted by molar-refractivity contribution is 5.86. The molecule has 0 N–H and O–H groups in total. The predicted octanol–water partition coefficient (Wildman–Crippen LogP) is 7.20. The fourth-order valence-corrected chi connectivity index (χ4v) is 3.94. The Labute approximate surface area is 230 Å². The highest BCUT2D eigenvalue weighted by atomic mass is 16.5. The first kappa shape index (κ1) is 27.6. The SMILES string of the molecule is C=C(C)C(=O)OCCCCCCOc1ccc(-c2ccc(-c3nnc(-c4ccc(N(C)C)cc4)o3)cc2)cc1. The number of nitrogens with zero attached hydrogens (tertiary/aromatic N) is 3. The van der Waals surface area contributed by atoms with Gasteiger partial charge >= 0.3 is 5.97 Å². The number of hydrogen-bond donors (Lipinski definition) is 0. The maximum atomic E-state index is 11.3. The second-order valence-corrected chi connectivity index (χ2v) is 9.63. The van der Waals surface area contributed by atoms with Gasteiger partial charge < -0.3 is 18.8 Å². The van der Waals surface area contributed by atoms with Gasteiger partial charge in [0.05, 0.1) is 13.2 Å². The summed E-state index contributed by atoms with van der Waals surface area (Å²) in [5.74, 6) is 1.52. The van der Waals surface area contributed by atoms with E-state index in [1.54, 1.807) is 6.92 Å². The maximum Gasteiger partial charge on any atom is 0.333 e. The zero-order valence-electron chi connectivity index (χ0n) is 22.9. The van der Waals surface area contributed by atoms with Crippen LogP contribution < -0.4 is 9.64 Å². The van der Waals surface area contributed by atoms with E-state index >= 15 is 0 Å². The fraction of sp³-hybridized carbons (Fsp3) is 0.281. The zero-order chi connectivity index (χ0) is 27.6. The molecule has 0 atom stereocenters. The number of ether oxygens (including phenoxy) is 2. The van der Waals surface area contributed by atoms with Crippen molar-refractivity contribution < 1.29 is 18.7 Å². The molecule has 3 aromatic carbocycles. The number of anilines is 1. The van der Waals surface area contributed by atoms with Crippen LogP contribution in [0.15, 0.2) is 89.4 Å². The summed E-state index contributed by atoms with van der Waals surface area (Å²) >= 11 is 0. The van der Waals surface area contributed by atoms with E-state index in [0.29, 0.717) is 30.6 Å². The summed E-state index contributed by atoms with van der Waals surface area (Å²) in [5, 5.41) is 8.46. The van der Waals surface area contributed by atoms with E-state index in [4.69, 9.17) is 13.9 Å². The van der Waals surface area contributed by atoms with Crippen LogP contribution in [0.1, 0.15) is 32.6 Å². The van der Waals surface area contributed by atoms with E-state index < -0.39 is 0 Å². The number of rotatable bonds is 13. The van der Waals surface area contributed by atoms with Crippen LogP contribution in [0.2, 0.25) is 0 Å². The van der Waals surface area contributed by atoms with Gasteiger partial charge in [0.25, 0.3) is 0 Å². The maximum absolute atomic E-state index is 11.3. The summed E-state index contributed by atoms with van der Waals surface area (Å²) in [5.41, 5.74) is 5.51. The van der Waals surface area contributed by atoms with Gasteiger partial charge in [-0.2, -0.15) is 0 Å². The van der Waals surface area contributed by atoms with Gasteiger partial charge in [0.1, 0.15) is 5.75 Å². The molecule has 0 bridgehead atoms. The van der Waals surface area contributed by atoms with E-state index in [1.807, 2.05) is 67.5 Å². The standard InChI is InChI=1S/C32H35N3O4/c1-23(2)32(36)38-22-8-6-5-7-21-37-29-19-15-25(16-20-29)24-9-11-26(12-10-24)30-33-34-31(39-30)27-13-17-28(18-14-27)35(3)4/h9-20H,1,5-8,21-22H2,2-4H3. The van der Waals surface area contributed by atoms with Crippen molar-refractivity contribution in [1.82, 2.24) is 10.2 Å². The molecule has 1 aromatic heterocycles. The molecule has 0 amide bonds. The molecule has 202 valence electrons. The summed E-state index contributed by atoms with van der Waals surface area (Å²) < 4.78 is 16.9. The molecule has 0 aliphatic rings. The number of unbranched alkanes of at least 4 members (excludes halogenated alkanes) is 3. The van der Waals surface area contributed by atoms with Crippen molar-refractivity contribution in [2.75, 3.05) is 32.2 Å². The molecule has 0 saturated carbocycles. The minimum atomic E-state index is -0.319. The molecule has 0 radical (unpaired) electrons. The van der Waals surface area contributed by atoms with Crippen LogP contribution in [-0.4, -0.2) is 43.5 Å². The molecule has 0 aliphatic carbocycles. The smallest absolute Gasteiger partial charge is 0.333 e. The lowest BCUT2D eigenvalue weighted by Crippen LogP contribution is -2.07. The van der Waals surface area contributed by atoms with Crippen molar-refractivity contribution in [3.63, 3.8) is 0 Å². The lowest BCUT2D eigenvalue weighted by molar-refractivity contribution is -0.139. The van der Waals surface area contributed by atoms with E-state index in [-0.39, 0.29) is 5.97 Å². The number of carbonyl (C=O) groups excluding carboxylic acids is 1. The lowest BCUT2D eigenvalue weighted by atomic mass is 10.0. The molecule has 0 saturated heterocycles. The van der Waals surface area contributed by atoms with Gasteiger partial charge in [-0.25, -0.2) is 4.79 Å². The highest BCUT2D eigenvalue weighted by Crippen LogP contribution is 2.28. The molecule has 7 nitrogen and oxygen atoms in total. The Kier molecular flexibility index (Phi) is 9.51. The van der Waals surface area contributed by atoms with Crippen molar-refractivity contribution in [2.45, 2.75) is 32.6 Å². The molecule has 0 unspecified atom stereocenters. The Balaban J connectivity index is 1.23. The van der Waals surface area contributed by atoms with Crippen LogP contribution in [0.4, 0.5) is 5.69 Å². The van der Waals surface area contributed by atoms with Crippen LogP contribution in [-0.2, 0) is 9.53 Å². The number of aromatic nitrogens is 2. The van der Waals surface area contributed by atoms with Gasteiger partial charge in [-0.1, -0.05) is 30.8 Å². The van der Waals surface area contributed by atoms with Crippen molar-refractivity contribution in [2.24, 2.45) is 0 Å². The third kappa shape index (κ3) is 7.80. The minimum absolute atomic E-state index is 0.319. The highest BCUT2D eigenvalue weighted by Gasteiger charge is 2.11. The second-order valence-electron chi connectivity index (χ2n) is 9.63. The van der Waals surface area contributed by atoms with Gasteiger partial charge in [0.2, 0.25) is 11.8 Å². The second kappa shape index (κ2) is 13.4. The van der Waals surface area contributed by atoms with E-state index in [0.717, 1.165) is 59.4 Å². The van der Waals surface area contributed by atoms with Gasteiger partial charge in [-0.05, 0) is 92.3 Å². The minimum Gasteiger partial charge on any atom is -0.494 e. The Bertz CT molecular complexity index is 1360. The molecule has 0 spiro atoms. The largest absolute Gasteiger partial charge is 0.494 e. The first-order valence-corrected chi connectivity index (χ1v) is 13.2. The van der Waals surface area contributed by atoms with Crippen molar-refractivity contribution in [3.05, 3.63) is 84.9 Å². The summed E-state index contributed by atoms with van der Waals surface area (Å²) in [6.07, 6.45) is 3.83. The molecule has 39 heavy (non-hydrogen) atoms. The van der Waals surface area contributed by atoms with Crippen LogP contribution in [0, 0.1) is 0 Å². The van der Waals surface area contributed by atoms with Crippen molar-refractivity contribution >= 4 is 11.7 Å². The topological polar surface area (TPSA) is 77.7 Å². The number of benzene rings is 3. The molecule has 4 rings (SSSR count). The van der Waals surface area contributed by atoms with E-state index in [9.17, 15) is 4.79 Å². The zero-order valence-corrected chi connectivity index (χ0v) is 22.9. The van der Waals surface area contributed by atoms with Gasteiger partial charge in [-0.15, -0.1) is 10.2 Å². The van der Waals surface area contributed by atoms with Crippen molar-refractivity contribution in [3.8, 4) is 39.8 Å². The quantitative estimate of drug-likeness (QED) is 0.104. The Morgan fingerprint density at radius 1 is 0.744 bits per heavy atom. The Morgan fingerprint density at radius 2 is 1.23 bits per heavy atom. The van der Waals surface area contributed by atoms with Crippen LogP contribution in [0.25, 0.3) is 34.0 Å². The first-order chi connectivity index (χ1) is 18.9. The summed E-state index contributed by atoms with van der Waals surface area (Å²) in [7, 11) is 4.01. The van der Waals surface area contributed by atoms with Gasteiger partial charge in [-0.3, -0.25) is 0 Å². The Hall–Kier alpha value is -4.39. The fourth-order valence-electron chi connectivity index (χ4n) is 3.94. The average Bonchev–Trinajstić information content (AvgIpc) is 3.45. The molecule has 7 heteroatoms. The third-order valence-corrected chi connectivity index (χ3v) is 6.26. The number of esters is 1.